The van der Waals surface area contributed by atoms with Crippen LogP contribution in [0.3, 0.4) is 0 Å². The van der Waals surface area contributed by atoms with Gasteiger partial charge in [0, 0.05) is 35.3 Å². The molecule has 1 aliphatic rings. The molecule has 1 aliphatic heterocycles. The third kappa shape index (κ3) is 4.05. The van der Waals surface area contributed by atoms with Crippen molar-refractivity contribution in [3.05, 3.63) is 21.9 Å². The van der Waals surface area contributed by atoms with Gasteiger partial charge in [-0.2, -0.15) is 0 Å². The molecular formula is C14H18N2O3S. The number of primary amides is 1. The highest BCUT2D eigenvalue weighted by Gasteiger charge is 2.27. The lowest BCUT2D eigenvalue weighted by Gasteiger charge is -2.32. The van der Waals surface area contributed by atoms with Gasteiger partial charge in [-0.15, -0.1) is 11.3 Å². The maximum absolute atomic E-state index is 11.4. The second-order valence-electron chi connectivity index (χ2n) is 4.54. The number of aliphatic hydroxyl groups excluding tert-OH is 1. The third-order valence-electron chi connectivity index (χ3n) is 3.05. The third-order valence-corrected chi connectivity index (χ3v) is 3.97. The summed E-state index contributed by atoms with van der Waals surface area (Å²) < 4.78 is 5.30. The zero-order valence-corrected chi connectivity index (χ0v) is 12.0. The van der Waals surface area contributed by atoms with Crippen LogP contribution in [0.1, 0.15) is 16.9 Å². The van der Waals surface area contributed by atoms with E-state index in [1.165, 1.54) is 0 Å². The maximum atomic E-state index is 11.4. The second kappa shape index (κ2) is 7.41. The Hall–Kier alpha value is -1.39. The van der Waals surface area contributed by atoms with E-state index in [1.54, 1.807) is 11.3 Å². The molecule has 0 radical (unpaired) electrons. The standard InChI is InChI=1S/C14H18N2O3S/c15-14(18)13-9-19-6-4-16(13)8-12-7-11(10-20-12)3-1-2-5-17/h7,10,13,17H,2,4-6,8-9H2,(H2,15,18). The van der Waals surface area contributed by atoms with E-state index in [0.717, 1.165) is 10.4 Å². The summed E-state index contributed by atoms with van der Waals surface area (Å²) in [4.78, 5) is 14.6. The van der Waals surface area contributed by atoms with Crippen LogP contribution in [0, 0.1) is 11.8 Å². The van der Waals surface area contributed by atoms with Crippen molar-refractivity contribution in [1.82, 2.24) is 4.90 Å². The van der Waals surface area contributed by atoms with Gasteiger partial charge in [0.1, 0.15) is 6.04 Å². The zero-order chi connectivity index (χ0) is 14.4. The van der Waals surface area contributed by atoms with Crippen LogP contribution < -0.4 is 5.73 Å². The van der Waals surface area contributed by atoms with Crippen molar-refractivity contribution < 1.29 is 14.6 Å². The Balaban J connectivity index is 1.99. The van der Waals surface area contributed by atoms with Gasteiger partial charge in [0.05, 0.1) is 19.8 Å². The SMILES string of the molecule is NC(=O)C1COCCN1Cc1cc(C#CCCO)cs1. The Morgan fingerprint density at radius 3 is 3.25 bits per heavy atom. The molecule has 1 saturated heterocycles. The van der Waals surface area contributed by atoms with E-state index in [1.807, 2.05) is 16.3 Å². The largest absolute Gasteiger partial charge is 0.395 e. The summed E-state index contributed by atoms with van der Waals surface area (Å²) in [5.41, 5.74) is 6.34. The fourth-order valence-corrected chi connectivity index (χ4v) is 2.88. The fourth-order valence-electron chi connectivity index (χ4n) is 2.04. The molecule has 0 saturated carbocycles. The summed E-state index contributed by atoms with van der Waals surface area (Å²) in [6.45, 7) is 2.46. The zero-order valence-electron chi connectivity index (χ0n) is 11.2. The van der Waals surface area contributed by atoms with Gasteiger partial charge >= 0.3 is 0 Å². The van der Waals surface area contributed by atoms with Crippen LogP contribution in [0.5, 0.6) is 0 Å². The number of carbonyl (C=O) groups is 1. The van der Waals surface area contributed by atoms with Gasteiger partial charge < -0.3 is 15.6 Å². The Morgan fingerprint density at radius 2 is 2.50 bits per heavy atom. The number of hydrogen-bond donors (Lipinski definition) is 2. The Labute approximate surface area is 122 Å². The highest BCUT2D eigenvalue weighted by Crippen LogP contribution is 2.19. The van der Waals surface area contributed by atoms with E-state index >= 15 is 0 Å². The number of amides is 1. The van der Waals surface area contributed by atoms with Crippen LogP contribution >= 0.6 is 11.3 Å². The molecule has 0 aromatic carbocycles. The van der Waals surface area contributed by atoms with Crippen LogP contribution in [0.4, 0.5) is 0 Å². The number of morpholine rings is 1. The molecule has 1 fully saturated rings. The minimum Gasteiger partial charge on any atom is -0.395 e. The van der Waals surface area contributed by atoms with E-state index in [4.69, 9.17) is 15.6 Å². The molecule has 2 heterocycles. The molecule has 20 heavy (non-hydrogen) atoms. The Kier molecular flexibility index (Phi) is 5.56. The van der Waals surface area contributed by atoms with Gasteiger partial charge in [-0.1, -0.05) is 11.8 Å². The Morgan fingerprint density at radius 1 is 1.65 bits per heavy atom. The molecule has 6 heteroatoms. The molecule has 0 spiro atoms. The summed E-state index contributed by atoms with van der Waals surface area (Å²) >= 11 is 1.62. The van der Waals surface area contributed by atoms with Crippen LogP contribution in [0.15, 0.2) is 11.4 Å². The van der Waals surface area contributed by atoms with Crippen molar-refractivity contribution in [1.29, 1.82) is 0 Å². The van der Waals surface area contributed by atoms with Crippen molar-refractivity contribution in [3.63, 3.8) is 0 Å². The minimum absolute atomic E-state index is 0.0814. The first-order valence-electron chi connectivity index (χ1n) is 6.49. The average Bonchev–Trinajstić information content (AvgIpc) is 2.87. The summed E-state index contributed by atoms with van der Waals surface area (Å²) in [5.74, 6) is 5.55. The quantitative estimate of drug-likeness (QED) is 0.776. The molecule has 0 aliphatic carbocycles. The normalized spacial score (nSPS) is 19.4. The molecule has 1 unspecified atom stereocenters. The molecule has 2 rings (SSSR count). The highest BCUT2D eigenvalue weighted by atomic mass is 32.1. The molecule has 1 aromatic rings. The van der Waals surface area contributed by atoms with Crippen molar-refractivity contribution in [2.45, 2.75) is 19.0 Å². The molecule has 0 bridgehead atoms. The van der Waals surface area contributed by atoms with Gasteiger partial charge in [-0.3, -0.25) is 9.69 Å². The van der Waals surface area contributed by atoms with Crippen LogP contribution in [0.25, 0.3) is 0 Å². The highest BCUT2D eigenvalue weighted by molar-refractivity contribution is 7.10. The van der Waals surface area contributed by atoms with E-state index in [-0.39, 0.29) is 18.6 Å². The van der Waals surface area contributed by atoms with Gasteiger partial charge in [0.2, 0.25) is 5.91 Å². The van der Waals surface area contributed by atoms with Gasteiger partial charge in [-0.25, -0.2) is 0 Å². The summed E-state index contributed by atoms with van der Waals surface area (Å²) in [5, 5.41) is 10.7. The number of aliphatic hydroxyl groups is 1. The molecule has 108 valence electrons. The van der Waals surface area contributed by atoms with Gasteiger partial charge in [-0.05, 0) is 6.07 Å². The monoisotopic (exact) mass is 294 g/mol. The molecule has 5 nitrogen and oxygen atoms in total. The number of carbonyl (C=O) groups excluding carboxylic acids is 1. The first-order chi connectivity index (χ1) is 9.70. The molecule has 1 aromatic heterocycles. The lowest BCUT2D eigenvalue weighted by Crippen LogP contribution is -2.51. The average molecular weight is 294 g/mol. The molecule has 3 N–H and O–H groups in total. The number of nitrogens with two attached hydrogens (primary N) is 1. The van der Waals surface area contributed by atoms with E-state index in [2.05, 4.69) is 11.8 Å². The number of nitrogens with zero attached hydrogens (tertiary/aromatic N) is 1. The smallest absolute Gasteiger partial charge is 0.237 e. The van der Waals surface area contributed by atoms with Crippen LogP contribution in [-0.2, 0) is 16.1 Å². The van der Waals surface area contributed by atoms with Crippen LogP contribution in [0.2, 0.25) is 0 Å². The topological polar surface area (TPSA) is 75.8 Å². The Bertz CT molecular complexity index is 518. The first-order valence-corrected chi connectivity index (χ1v) is 7.37. The summed E-state index contributed by atoms with van der Waals surface area (Å²) in [7, 11) is 0. The number of hydrogen-bond acceptors (Lipinski definition) is 5. The van der Waals surface area contributed by atoms with E-state index in [9.17, 15) is 4.79 Å². The molecule has 1 atom stereocenters. The van der Waals surface area contributed by atoms with Crippen molar-refractivity contribution in [2.75, 3.05) is 26.4 Å². The van der Waals surface area contributed by atoms with Gasteiger partial charge in [0.25, 0.3) is 0 Å². The van der Waals surface area contributed by atoms with Crippen molar-refractivity contribution in [3.8, 4) is 11.8 Å². The summed E-state index contributed by atoms with van der Waals surface area (Å²) in [6, 6.07) is 1.66. The fraction of sp³-hybridized carbons (Fsp3) is 0.500. The predicted octanol–water partition coefficient (Wildman–Crippen LogP) is 0.168. The maximum Gasteiger partial charge on any atom is 0.237 e. The van der Waals surface area contributed by atoms with E-state index in [0.29, 0.717) is 32.7 Å². The van der Waals surface area contributed by atoms with E-state index < -0.39 is 0 Å². The lowest BCUT2D eigenvalue weighted by molar-refractivity contribution is -0.129. The first kappa shape index (κ1) is 15.0. The second-order valence-corrected chi connectivity index (χ2v) is 5.54. The number of ether oxygens (including phenoxy) is 1. The number of thiophene rings is 1. The van der Waals surface area contributed by atoms with Crippen molar-refractivity contribution >= 4 is 17.2 Å². The van der Waals surface area contributed by atoms with Gasteiger partial charge in [0.15, 0.2) is 0 Å². The predicted molar refractivity (Wildman–Crippen MR) is 77.1 cm³/mol. The summed E-state index contributed by atoms with van der Waals surface area (Å²) in [6.07, 6.45) is 0.485. The molecule has 1 amide bonds. The molecular weight excluding hydrogens is 276 g/mol. The minimum atomic E-state index is -0.352. The lowest BCUT2D eigenvalue weighted by atomic mass is 10.2. The van der Waals surface area contributed by atoms with Crippen LogP contribution in [-0.4, -0.2) is 48.3 Å². The van der Waals surface area contributed by atoms with Crippen molar-refractivity contribution in [2.24, 2.45) is 5.73 Å². The number of rotatable bonds is 4.